The minimum absolute atomic E-state index is 0.477. The average Bonchev–Trinajstić information content (AvgIpc) is 2.69. The lowest BCUT2D eigenvalue weighted by Gasteiger charge is -2.06. The average molecular weight is 276 g/mol. The molecule has 6 heteroatoms. The lowest BCUT2D eigenvalue weighted by molar-refractivity contribution is 0.597. The van der Waals surface area contributed by atoms with E-state index < -0.39 is 0 Å². The van der Waals surface area contributed by atoms with Crippen LogP contribution in [0.3, 0.4) is 0 Å². The van der Waals surface area contributed by atoms with Gasteiger partial charge in [-0.1, -0.05) is 12.5 Å². The minimum atomic E-state index is 0.477. The normalized spacial score (nSPS) is 15.5. The summed E-state index contributed by atoms with van der Waals surface area (Å²) in [6.07, 6.45) is 8.42. The van der Waals surface area contributed by atoms with E-state index in [0.29, 0.717) is 19.0 Å². The van der Waals surface area contributed by atoms with E-state index in [1.165, 1.54) is 19.3 Å². The third kappa shape index (κ3) is 4.08. The van der Waals surface area contributed by atoms with Gasteiger partial charge in [0.2, 0.25) is 0 Å². The van der Waals surface area contributed by atoms with Crippen LogP contribution < -0.4 is 11.1 Å². The van der Waals surface area contributed by atoms with Crippen molar-refractivity contribution in [2.24, 2.45) is 10.7 Å². The van der Waals surface area contributed by atoms with Gasteiger partial charge in [-0.25, -0.2) is 0 Å². The van der Waals surface area contributed by atoms with Gasteiger partial charge in [0.1, 0.15) is 11.6 Å². The van der Waals surface area contributed by atoms with Crippen LogP contribution in [-0.4, -0.2) is 33.8 Å². The number of aliphatic imine (C=N–C) groups is 1. The molecule has 0 aromatic carbocycles. The van der Waals surface area contributed by atoms with Gasteiger partial charge in [0, 0.05) is 32.5 Å². The molecule has 0 atom stereocenters. The van der Waals surface area contributed by atoms with Gasteiger partial charge in [-0.15, -0.1) is 16.8 Å². The molecule has 1 aromatic rings. The lowest BCUT2D eigenvalue weighted by Crippen LogP contribution is -2.31. The molecule has 0 aliphatic carbocycles. The molecule has 2 heterocycles. The molecule has 0 fully saturated rings. The Kier molecular flexibility index (Phi) is 5.58. The fourth-order valence-electron chi connectivity index (χ4n) is 2.40. The molecule has 1 aliphatic heterocycles. The Morgan fingerprint density at radius 3 is 3.15 bits per heavy atom. The predicted molar refractivity (Wildman–Crippen MR) is 80.6 cm³/mol. The first-order valence-electron chi connectivity index (χ1n) is 7.37. The highest BCUT2D eigenvalue weighted by molar-refractivity contribution is 5.77. The summed E-state index contributed by atoms with van der Waals surface area (Å²) in [6.45, 7) is 6.03. The van der Waals surface area contributed by atoms with Crippen molar-refractivity contribution in [3.05, 3.63) is 24.3 Å². The van der Waals surface area contributed by atoms with Crippen molar-refractivity contribution in [3.8, 4) is 0 Å². The molecule has 3 N–H and O–H groups in total. The maximum atomic E-state index is 5.71. The van der Waals surface area contributed by atoms with Crippen LogP contribution in [0, 0.1) is 0 Å². The van der Waals surface area contributed by atoms with Crippen molar-refractivity contribution in [2.45, 2.75) is 45.1 Å². The summed E-state index contributed by atoms with van der Waals surface area (Å²) in [7, 11) is 0. The summed E-state index contributed by atoms with van der Waals surface area (Å²) < 4.78 is 2.29. The van der Waals surface area contributed by atoms with Gasteiger partial charge in [-0.3, -0.25) is 4.99 Å². The van der Waals surface area contributed by atoms with E-state index in [9.17, 15) is 0 Å². The Morgan fingerprint density at radius 2 is 2.30 bits per heavy atom. The van der Waals surface area contributed by atoms with E-state index in [-0.39, 0.29) is 0 Å². The smallest absolute Gasteiger partial charge is 0.188 e. The van der Waals surface area contributed by atoms with Gasteiger partial charge in [-0.05, 0) is 19.3 Å². The van der Waals surface area contributed by atoms with Crippen molar-refractivity contribution in [1.82, 2.24) is 20.1 Å². The number of guanidine groups is 1. The standard InChI is InChI=1S/C14H24N6/c1-2-9-16-14(15)17-10-6-8-13-19-18-12-7-4-3-5-11-20(12)13/h2H,1,3-11H2,(H3,15,16,17). The van der Waals surface area contributed by atoms with Crippen molar-refractivity contribution in [1.29, 1.82) is 0 Å². The van der Waals surface area contributed by atoms with Crippen LogP contribution >= 0.6 is 0 Å². The first-order chi connectivity index (χ1) is 9.81. The zero-order valence-corrected chi connectivity index (χ0v) is 12.0. The highest BCUT2D eigenvalue weighted by Gasteiger charge is 2.13. The van der Waals surface area contributed by atoms with E-state index >= 15 is 0 Å². The third-order valence-corrected chi connectivity index (χ3v) is 3.45. The largest absolute Gasteiger partial charge is 0.370 e. The maximum absolute atomic E-state index is 5.71. The van der Waals surface area contributed by atoms with E-state index in [1.54, 1.807) is 6.08 Å². The fourth-order valence-corrected chi connectivity index (χ4v) is 2.40. The molecule has 0 saturated carbocycles. The molecular weight excluding hydrogens is 252 g/mol. The number of aryl methyl sites for hydroxylation is 2. The monoisotopic (exact) mass is 276 g/mol. The van der Waals surface area contributed by atoms with Gasteiger partial charge < -0.3 is 15.6 Å². The van der Waals surface area contributed by atoms with Crippen LogP contribution in [0.25, 0.3) is 0 Å². The lowest BCUT2D eigenvalue weighted by atomic mass is 10.2. The zero-order valence-electron chi connectivity index (χ0n) is 12.0. The van der Waals surface area contributed by atoms with E-state index in [4.69, 9.17) is 5.73 Å². The summed E-state index contributed by atoms with van der Waals surface area (Å²) in [4.78, 5) is 4.27. The second-order valence-electron chi connectivity index (χ2n) is 5.03. The van der Waals surface area contributed by atoms with Crippen LogP contribution in [-0.2, 0) is 19.4 Å². The highest BCUT2D eigenvalue weighted by Crippen LogP contribution is 2.15. The minimum Gasteiger partial charge on any atom is -0.370 e. The van der Waals surface area contributed by atoms with Crippen LogP contribution in [0.15, 0.2) is 17.6 Å². The number of hydrogen-bond donors (Lipinski definition) is 2. The third-order valence-electron chi connectivity index (χ3n) is 3.45. The summed E-state index contributed by atoms with van der Waals surface area (Å²) >= 11 is 0. The number of nitrogens with one attached hydrogen (secondary N) is 1. The second kappa shape index (κ2) is 7.67. The maximum Gasteiger partial charge on any atom is 0.188 e. The zero-order chi connectivity index (χ0) is 14.2. The number of fused-ring (bicyclic) bond motifs is 1. The number of nitrogens with zero attached hydrogens (tertiary/aromatic N) is 4. The molecule has 1 aliphatic rings. The van der Waals surface area contributed by atoms with E-state index in [2.05, 4.69) is 31.7 Å². The Balaban J connectivity index is 1.80. The molecule has 0 bridgehead atoms. The number of nitrogens with two attached hydrogens (primary N) is 1. The Labute approximate surface area is 120 Å². The molecule has 6 nitrogen and oxygen atoms in total. The van der Waals surface area contributed by atoms with Crippen LogP contribution in [0.5, 0.6) is 0 Å². The molecule has 2 rings (SSSR count). The summed E-state index contributed by atoms with van der Waals surface area (Å²) in [5, 5.41) is 11.6. The van der Waals surface area contributed by atoms with Crippen molar-refractivity contribution < 1.29 is 0 Å². The second-order valence-corrected chi connectivity index (χ2v) is 5.03. The molecule has 20 heavy (non-hydrogen) atoms. The van der Waals surface area contributed by atoms with Crippen LogP contribution in [0.1, 0.15) is 37.3 Å². The summed E-state index contributed by atoms with van der Waals surface area (Å²) in [6, 6.07) is 0. The molecule has 1 aromatic heterocycles. The van der Waals surface area contributed by atoms with Gasteiger partial charge >= 0.3 is 0 Å². The van der Waals surface area contributed by atoms with E-state index in [1.807, 2.05) is 0 Å². The number of rotatable bonds is 6. The molecule has 0 spiro atoms. The molecular formula is C14H24N6. The van der Waals surface area contributed by atoms with Crippen LogP contribution in [0.2, 0.25) is 0 Å². The van der Waals surface area contributed by atoms with Gasteiger partial charge in [0.25, 0.3) is 0 Å². The quantitative estimate of drug-likeness (QED) is 0.352. The van der Waals surface area contributed by atoms with Crippen molar-refractivity contribution in [3.63, 3.8) is 0 Å². The first-order valence-corrected chi connectivity index (χ1v) is 7.37. The first kappa shape index (κ1) is 14.6. The van der Waals surface area contributed by atoms with Gasteiger partial charge in [-0.2, -0.15) is 0 Å². The summed E-state index contributed by atoms with van der Waals surface area (Å²) in [5.41, 5.74) is 5.71. The molecule has 0 saturated heterocycles. The molecule has 0 unspecified atom stereocenters. The number of aromatic nitrogens is 3. The fraction of sp³-hybridized carbons (Fsp3) is 0.643. The van der Waals surface area contributed by atoms with E-state index in [0.717, 1.165) is 37.5 Å². The molecule has 110 valence electrons. The predicted octanol–water partition coefficient (Wildman–Crippen LogP) is 1.03. The van der Waals surface area contributed by atoms with Gasteiger partial charge in [0.05, 0.1) is 0 Å². The van der Waals surface area contributed by atoms with Crippen LogP contribution in [0.4, 0.5) is 0 Å². The topological polar surface area (TPSA) is 81.1 Å². The molecule has 0 amide bonds. The SMILES string of the molecule is C=CCNC(N)=NCCCc1nnc2n1CCCCC2. The van der Waals surface area contributed by atoms with Gasteiger partial charge in [0.15, 0.2) is 5.96 Å². The number of hydrogen-bond acceptors (Lipinski definition) is 3. The highest BCUT2D eigenvalue weighted by atomic mass is 15.3. The Hall–Kier alpha value is -1.85. The Morgan fingerprint density at radius 1 is 1.40 bits per heavy atom. The molecule has 0 radical (unpaired) electrons. The van der Waals surface area contributed by atoms with Crippen molar-refractivity contribution >= 4 is 5.96 Å². The Bertz CT molecular complexity index is 462. The van der Waals surface area contributed by atoms with Crippen molar-refractivity contribution in [2.75, 3.05) is 13.1 Å². The summed E-state index contributed by atoms with van der Waals surface area (Å²) in [5.74, 6) is 2.72.